The molecule has 0 saturated heterocycles. The fourth-order valence-corrected chi connectivity index (χ4v) is 3.17. The van der Waals surface area contributed by atoms with Crippen LogP contribution in [0.5, 0.6) is 0 Å². The van der Waals surface area contributed by atoms with Crippen LogP contribution in [0.4, 0.5) is 0 Å². The van der Waals surface area contributed by atoms with Crippen LogP contribution in [-0.4, -0.2) is 26.5 Å². The molecule has 3 rings (SSSR count). The lowest BCUT2D eigenvalue weighted by atomic mass is 9.89. The fraction of sp³-hybridized carbons (Fsp3) is 0.133. The Hall–Kier alpha value is -2.11. The molecule has 2 N–H and O–H groups in total. The van der Waals surface area contributed by atoms with Gasteiger partial charge in [0, 0.05) is 11.5 Å². The molecule has 1 aliphatic rings. The molecular formula is C15H11Cl2N3O2. The molecule has 1 unspecified atom stereocenters. The average Bonchev–Trinajstić information content (AvgIpc) is 2.99. The maximum absolute atomic E-state index is 11.2. The van der Waals surface area contributed by atoms with Crippen LogP contribution < -0.4 is 0 Å². The summed E-state index contributed by atoms with van der Waals surface area (Å²) in [5, 5.41) is 19.5. The summed E-state index contributed by atoms with van der Waals surface area (Å²) in [5.41, 5.74) is 1.79. The number of nitrogens with zero attached hydrogens (tertiary/aromatic N) is 2. The van der Waals surface area contributed by atoms with Crippen molar-refractivity contribution in [3.8, 4) is 0 Å². The third-order valence-electron chi connectivity index (χ3n) is 3.45. The van der Waals surface area contributed by atoms with Gasteiger partial charge in [0.1, 0.15) is 10.6 Å². The molecule has 1 aromatic heterocycles. The number of benzene rings is 1. The number of aromatic amines is 1. The van der Waals surface area contributed by atoms with E-state index in [1.54, 1.807) is 12.2 Å². The third kappa shape index (κ3) is 2.53. The number of alkyl halides is 1. The second-order valence-electron chi connectivity index (χ2n) is 4.88. The number of nitrogens with one attached hydrogen (secondary N) is 1. The predicted octanol–water partition coefficient (Wildman–Crippen LogP) is 3.55. The molecule has 1 atom stereocenters. The van der Waals surface area contributed by atoms with Gasteiger partial charge in [0.05, 0.1) is 0 Å². The first-order valence-electron chi connectivity index (χ1n) is 6.48. The molecule has 0 saturated carbocycles. The first kappa shape index (κ1) is 14.8. The van der Waals surface area contributed by atoms with Gasteiger partial charge in [-0.1, -0.05) is 54.1 Å². The van der Waals surface area contributed by atoms with Crippen molar-refractivity contribution in [2.75, 3.05) is 0 Å². The van der Waals surface area contributed by atoms with Gasteiger partial charge in [0.2, 0.25) is 0 Å². The van der Waals surface area contributed by atoms with Gasteiger partial charge in [-0.05, 0) is 11.1 Å². The SMILES string of the molecule is O=C(O)c1n[nH]nc1C1(Cl)C=CC(c2ccccc2)=C(Cl)C1. The van der Waals surface area contributed by atoms with E-state index >= 15 is 0 Å². The molecule has 1 aliphatic carbocycles. The molecule has 22 heavy (non-hydrogen) atoms. The molecule has 0 radical (unpaired) electrons. The van der Waals surface area contributed by atoms with Gasteiger partial charge >= 0.3 is 5.97 Å². The van der Waals surface area contributed by atoms with E-state index in [0.717, 1.165) is 11.1 Å². The Morgan fingerprint density at radius 3 is 2.64 bits per heavy atom. The lowest BCUT2D eigenvalue weighted by Gasteiger charge is -2.26. The minimum absolute atomic E-state index is 0.156. The number of H-pyrrole nitrogens is 1. The fourth-order valence-electron chi connectivity index (χ4n) is 2.39. The van der Waals surface area contributed by atoms with Gasteiger partial charge in [0.25, 0.3) is 0 Å². The van der Waals surface area contributed by atoms with Crippen molar-refractivity contribution in [3.05, 3.63) is 64.5 Å². The Labute approximate surface area is 136 Å². The van der Waals surface area contributed by atoms with Gasteiger partial charge < -0.3 is 5.11 Å². The number of aromatic carboxylic acids is 1. The average molecular weight is 336 g/mol. The Balaban J connectivity index is 1.98. The van der Waals surface area contributed by atoms with Gasteiger partial charge in [-0.3, -0.25) is 0 Å². The minimum Gasteiger partial charge on any atom is -0.476 e. The highest BCUT2D eigenvalue weighted by molar-refractivity contribution is 6.35. The minimum atomic E-state index is -1.19. The standard InChI is InChI=1S/C15H11Cl2N3O2/c16-11-8-15(17,13-12(14(21)22)18-20-19-13)7-6-10(11)9-4-2-1-3-5-9/h1-7H,8H2,(H,21,22)(H,18,19,20). The first-order chi connectivity index (χ1) is 10.5. The van der Waals surface area contributed by atoms with Crippen molar-refractivity contribution in [3.63, 3.8) is 0 Å². The van der Waals surface area contributed by atoms with E-state index in [9.17, 15) is 4.79 Å². The molecule has 0 bridgehead atoms. The number of halogens is 2. The van der Waals surface area contributed by atoms with E-state index < -0.39 is 10.8 Å². The summed E-state index contributed by atoms with van der Waals surface area (Å²) in [4.78, 5) is 10.1. The second-order valence-corrected chi connectivity index (χ2v) is 6.01. The summed E-state index contributed by atoms with van der Waals surface area (Å²) in [6.07, 6.45) is 3.73. The molecule has 1 heterocycles. The smallest absolute Gasteiger partial charge is 0.358 e. The summed E-state index contributed by atoms with van der Waals surface area (Å²) in [7, 11) is 0. The van der Waals surface area contributed by atoms with Crippen LogP contribution in [0.3, 0.4) is 0 Å². The zero-order chi connectivity index (χ0) is 15.7. The molecule has 7 heteroatoms. The van der Waals surface area contributed by atoms with Crippen LogP contribution in [0.2, 0.25) is 0 Å². The lowest BCUT2D eigenvalue weighted by Crippen LogP contribution is -2.22. The van der Waals surface area contributed by atoms with Crippen molar-refractivity contribution < 1.29 is 9.90 Å². The van der Waals surface area contributed by atoms with Gasteiger partial charge in [-0.25, -0.2) is 4.79 Å². The molecule has 112 valence electrons. The van der Waals surface area contributed by atoms with E-state index in [1.807, 2.05) is 30.3 Å². The van der Waals surface area contributed by atoms with Crippen LogP contribution in [0.25, 0.3) is 5.57 Å². The number of hydrogen-bond acceptors (Lipinski definition) is 3. The molecule has 0 aliphatic heterocycles. The Bertz CT molecular complexity index is 783. The lowest BCUT2D eigenvalue weighted by molar-refractivity contribution is 0.0688. The van der Waals surface area contributed by atoms with E-state index in [2.05, 4.69) is 15.4 Å². The van der Waals surface area contributed by atoms with Crippen LogP contribution in [0, 0.1) is 0 Å². The Morgan fingerprint density at radius 2 is 2.00 bits per heavy atom. The summed E-state index contributed by atoms with van der Waals surface area (Å²) in [6.45, 7) is 0. The Morgan fingerprint density at radius 1 is 1.27 bits per heavy atom. The molecule has 0 fully saturated rings. The van der Waals surface area contributed by atoms with Crippen molar-refractivity contribution in [1.82, 2.24) is 15.4 Å². The number of hydrogen-bond donors (Lipinski definition) is 2. The number of carbonyl (C=O) groups is 1. The van der Waals surface area contributed by atoms with Crippen LogP contribution in [0.1, 0.15) is 28.2 Å². The predicted molar refractivity (Wildman–Crippen MR) is 83.8 cm³/mol. The van der Waals surface area contributed by atoms with Gasteiger partial charge in [0.15, 0.2) is 5.69 Å². The quantitative estimate of drug-likeness (QED) is 0.840. The maximum Gasteiger partial charge on any atom is 0.358 e. The van der Waals surface area contributed by atoms with Crippen LogP contribution in [0.15, 0.2) is 47.5 Å². The van der Waals surface area contributed by atoms with Crippen molar-refractivity contribution in [2.24, 2.45) is 0 Å². The van der Waals surface area contributed by atoms with Crippen molar-refractivity contribution >= 4 is 34.7 Å². The number of carboxylic acid groups (broad SMARTS) is 1. The van der Waals surface area contributed by atoms with Gasteiger partial charge in [-0.2, -0.15) is 10.3 Å². The summed E-state index contributed by atoms with van der Waals surface area (Å²) in [6, 6.07) is 9.65. The molecule has 1 aromatic carbocycles. The number of carboxylic acids is 1. The highest BCUT2D eigenvalue weighted by Gasteiger charge is 2.38. The molecule has 0 amide bonds. The maximum atomic E-state index is 11.2. The molecule has 5 nitrogen and oxygen atoms in total. The summed E-state index contributed by atoms with van der Waals surface area (Å²) in [5.74, 6) is -1.19. The number of allylic oxidation sites excluding steroid dienone is 4. The monoisotopic (exact) mass is 335 g/mol. The van der Waals surface area contributed by atoms with E-state index in [0.29, 0.717) is 5.03 Å². The zero-order valence-electron chi connectivity index (χ0n) is 11.3. The highest BCUT2D eigenvalue weighted by Crippen LogP contribution is 2.44. The highest BCUT2D eigenvalue weighted by atomic mass is 35.5. The van der Waals surface area contributed by atoms with E-state index in [4.69, 9.17) is 28.3 Å². The zero-order valence-corrected chi connectivity index (χ0v) is 12.8. The third-order valence-corrected chi connectivity index (χ3v) is 4.22. The van der Waals surface area contributed by atoms with Crippen molar-refractivity contribution in [2.45, 2.75) is 11.3 Å². The summed E-state index contributed by atoms with van der Waals surface area (Å²) >= 11 is 12.9. The number of rotatable bonds is 3. The largest absolute Gasteiger partial charge is 0.476 e. The van der Waals surface area contributed by atoms with Crippen molar-refractivity contribution in [1.29, 1.82) is 0 Å². The second kappa shape index (κ2) is 5.59. The summed E-state index contributed by atoms with van der Waals surface area (Å²) < 4.78 is 0. The topological polar surface area (TPSA) is 78.9 Å². The van der Waals surface area contributed by atoms with E-state index in [1.165, 1.54) is 0 Å². The van der Waals surface area contributed by atoms with E-state index in [-0.39, 0.29) is 17.8 Å². The molecule has 0 spiro atoms. The van der Waals surface area contributed by atoms with Gasteiger partial charge in [-0.15, -0.1) is 16.7 Å². The first-order valence-corrected chi connectivity index (χ1v) is 7.23. The van der Waals surface area contributed by atoms with Crippen LogP contribution >= 0.6 is 23.2 Å². The van der Waals surface area contributed by atoms with Crippen LogP contribution in [-0.2, 0) is 4.87 Å². The molecular weight excluding hydrogens is 325 g/mol. The molecule has 2 aromatic rings. The normalized spacial score (nSPS) is 21.2. The number of aromatic nitrogens is 3. The Kier molecular flexibility index (Phi) is 3.76.